The summed E-state index contributed by atoms with van der Waals surface area (Å²) in [5.74, 6) is 0.478. The van der Waals surface area contributed by atoms with E-state index >= 15 is 0 Å². The van der Waals surface area contributed by atoms with Gasteiger partial charge in [-0.15, -0.1) is 0 Å². The van der Waals surface area contributed by atoms with Crippen molar-refractivity contribution in [3.05, 3.63) is 60.2 Å². The van der Waals surface area contributed by atoms with Crippen molar-refractivity contribution in [1.29, 1.82) is 0 Å². The maximum absolute atomic E-state index is 11.7. The van der Waals surface area contributed by atoms with Crippen LogP contribution < -0.4 is 15.8 Å². The second kappa shape index (κ2) is 6.56. The van der Waals surface area contributed by atoms with E-state index < -0.39 is 0 Å². The average Bonchev–Trinajstić information content (AvgIpc) is 2.46. The summed E-state index contributed by atoms with van der Waals surface area (Å²) in [6.45, 7) is 0.432. The summed E-state index contributed by atoms with van der Waals surface area (Å²) in [5.41, 5.74) is 7.25. The molecule has 0 unspecified atom stereocenters. The van der Waals surface area contributed by atoms with Gasteiger partial charge >= 0.3 is 0 Å². The van der Waals surface area contributed by atoms with E-state index in [1.165, 1.54) is 0 Å². The van der Waals surface area contributed by atoms with Crippen molar-refractivity contribution in [3.63, 3.8) is 0 Å². The quantitative estimate of drug-likeness (QED) is 0.861. The van der Waals surface area contributed by atoms with Crippen molar-refractivity contribution in [2.75, 3.05) is 11.9 Å². The molecule has 0 bridgehead atoms. The van der Waals surface area contributed by atoms with Crippen LogP contribution in [0, 0.1) is 0 Å². The van der Waals surface area contributed by atoms with Crippen molar-refractivity contribution in [1.82, 2.24) is 0 Å². The van der Waals surface area contributed by atoms with Gasteiger partial charge in [0, 0.05) is 12.2 Å². The lowest BCUT2D eigenvalue weighted by Gasteiger charge is -2.08. The van der Waals surface area contributed by atoms with E-state index in [-0.39, 0.29) is 12.5 Å². The van der Waals surface area contributed by atoms with Crippen LogP contribution in [0.3, 0.4) is 0 Å². The Morgan fingerprint density at radius 1 is 1.11 bits per heavy atom. The highest BCUT2D eigenvalue weighted by Gasteiger charge is 2.03. The number of benzene rings is 2. The first-order valence-corrected chi connectivity index (χ1v) is 6.04. The van der Waals surface area contributed by atoms with Crippen LogP contribution in [0.4, 0.5) is 5.69 Å². The first-order valence-electron chi connectivity index (χ1n) is 6.04. The fourth-order valence-corrected chi connectivity index (χ4v) is 1.64. The third-order valence-electron chi connectivity index (χ3n) is 2.56. The minimum absolute atomic E-state index is 0.0170. The van der Waals surface area contributed by atoms with Gasteiger partial charge in [-0.1, -0.05) is 30.3 Å². The molecule has 0 atom stereocenters. The van der Waals surface area contributed by atoms with E-state index in [2.05, 4.69) is 5.32 Å². The lowest BCUT2D eigenvalue weighted by atomic mass is 10.2. The van der Waals surface area contributed by atoms with Gasteiger partial charge in [-0.05, 0) is 29.8 Å². The summed E-state index contributed by atoms with van der Waals surface area (Å²) in [7, 11) is 0. The zero-order valence-electron chi connectivity index (χ0n) is 10.5. The average molecular weight is 256 g/mol. The van der Waals surface area contributed by atoms with Crippen LogP contribution in [0.15, 0.2) is 54.6 Å². The van der Waals surface area contributed by atoms with Crippen molar-refractivity contribution in [2.24, 2.45) is 5.73 Å². The maximum Gasteiger partial charge on any atom is 0.262 e. The maximum atomic E-state index is 11.7. The minimum Gasteiger partial charge on any atom is -0.484 e. The van der Waals surface area contributed by atoms with Crippen LogP contribution in [0.25, 0.3) is 0 Å². The van der Waals surface area contributed by atoms with Gasteiger partial charge in [0.1, 0.15) is 5.75 Å². The van der Waals surface area contributed by atoms with Crippen LogP contribution >= 0.6 is 0 Å². The molecule has 4 nitrogen and oxygen atoms in total. The third-order valence-corrected chi connectivity index (χ3v) is 2.56. The minimum atomic E-state index is -0.196. The van der Waals surface area contributed by atoms with Crippen molar-refractivity contribution >= 4 is 11.6 Å². The molecular formula is C15H16N2O2. The second-order valence-corrected chi connectivity index (χ2v) is 4.05. The molecule has 0 aliphatic carbocycles. The largest absolute Gasteiger partial charge is 0.484 e. The Kier molecular flexibility index (Phi) is 4.53. The van der Waals surface area contributed by atoms with Gasteiger partial charge in [-0.2, -0.15) is 0 Å². The Morgan fingerprint density at radius 2 is 1.89 bits per heavy atom. The fraction of sp³-hybridized carbons (Fsp3) is 0.133. The summed E-state index contributed by atoms with van der Waals surface area (Å²) < 4.78 is 5.36. The molecule has 4 heteroatoms. The lowest BCUT2D eigenvalue weighted by molar-refractivity contribution is -0.118. The predicted molar refractivity (Wildman–Crippen MR) is 74.9 cm³/mol. The van der Waals surface area contributed by atoms with Crippen LogP contribution in [0.2, 0.25) is 0 Å². The number of anilines is 1. The Bertz CT molecular complexity index is 541. The Morgan fingerprint density at radius 3 is 2.63 bits per heavy atom. The number of carbonyl (C=O) groups excluding carboxylic acids is 1. The standard InChI is InChI=1S/C15H16N2O2/c16-10-12-5-4-6-13(9-12)17-15(18)11-19-14-7-2-1-3-8-14/h1-9H,10-11,16H2,(H,17,18). The zero-order valence-corrected chi connectivity index (χ0v) is 10.5. The first-order chi connectivity index (χ1) is 9.28. The molecule has 2 aromatic rings. The van der Waals surface area contributed by atoms with Crippen LogP contribution in [-0.2, 0) is 11.3 Å². The van der Waals surface area contributed by atoms with Gasteiger partial charge in [-0.3, -0.25) is 4.79 Å². The fourth-order valence-electron chi connectivity index (χ4n) is 1.64. The molecule has 0 spiro atoms. The molecule has 2 aromatic carbocycles. The van der Waals surface area contributed by atoms with Gasteiger partial charge in [0.15, 0.2) is 6.61 Å². The number of nitrogens with two attached hydrogens (primary N) is 1. The molecular weight excluding hydrogens is 240 g/mol. The first kappa shape index (κ1) is 13.1. The topological polar surface area (TPSA) is 64.3 Å². The molecule has 0 aliphatic heterocycles. The van der Waals surface area contributed by atoms with E-state index in [4.69, 9.17) is 10.5 Å². The lowest BCUT2D eigenvalue weighted by Crippen LogP contribution is -2.20. The Hall–Kier alpha value is -2.33. The molecule has 3 N–H and O–H groups in total. The highest BCUT2D eigenvalue weighted by Crippen LogP contribution is 2.11. The summed E-state index contributed by atoms with van der Waals surface area (Å²) in [6.07, 6.45) is 0. The second-order valence-electron chi connectivity index (χ2n) is 4.05. The van der Waals surface area contributed by atoms with Gasteiger partial charge in [0.2, 0.25) is 0 Å². The van der Waals surface area contributed by atoms with E-state index in [1.807, 2.05) is 54.6 Å². The number of amides is 1. The van der Waals surface area contributed by atoms with Gasteiger partial charge in [-0.25, -0.2) is 0 Å². The normalized spacial score (nSPS) is 9.95. The van der Waals surface area contributed by atoms with E-state index in [0.717, 1.165) is 11.3 Å². The van der Waals surface area contributed by atoms with Crippen molar-refractivity contribution in [3.8, 4) is 5.75 Å². The number of hydrogen-bond donors (Lipinski definition) is 2. The van der Waals surface area contributed by atoms with Gasteiger partial charge in [0.05, 0.1) is 0 Å². The monoisotopic (exact) mass is 256 g/mol. The number of ether oxygens (including phenoxy) is 1. The van der Waals surface area contributed by atoms with E-state index in [0.29, 0.717) is 12.3 Å². The highest BCUT2D eigenvalue weighted by atomic mass is 16.5. The van der Waals surface area contributed by atoms with Crippen molar-refractivity contribution in [2.45, 2.75) is 6.54 Å². The number of rotatable bonds is 5. The van der Waals surface area contributed by atoms with Crippen LogP contribution in [0.5, 0.6) is 5.75 Å². The van der Waals surface area contributed by atoms with E-state index in [1.54, 1.807) is 0 Å². The molecule has 19 heavy (non-hydrogen) atoms. The number of nitrogens with one attached hydrogen (secondary N) is 1. The molecule has 0 aliphatic rings. The summed E-state index contributed by atoms with van der Waals surface area (Å²) in [5, 5.41) is 2.77. The van der Waals surface area contributed by atoms with E-state index in [9.17, 15) is 4.79 Å². The number of hydrogen-bond acceptors (Lipinski definition) is 3. The molecule has 0 fully saturated rings. The van der Waals surface area contributed by atoms with Crippen molar-refractivity contribution < 1.29 is 9.53 Å². The highest BCUT2D eigenvalue weighted by molar-refractivity contribution is 5.91. The SMILES string of the molecule is NCc1cccc(NC(=O)COc2ccccc2)c1. The Balaban J connectivity index is 1.87. The molecule has 0 radical (unpaired) electrons. The van der Waals surface area contributed by atoms with Crippen LogP contribution in [-0.4, -0.2) is 12.5 Å². The van der Waals surface area contributed by atoms with Gasteiger partial charge < -0.3 is 15.8 Å². The summed E-state index contributed by atoms with van der Waals surface area (Å²) in [4.78, 5) is 11.7. The molecule has 1 amide bonds. The smallest absolute Gasteiger partial charge is 0.262 e. The number of carbonyl (C=O) groups is 1. The van der Waals surface area contributed by atoms with Crippen LogP contribution in [0.1, 0.15) is 5.56 Å². The molecule has 98 valence electrons. The predicted octanol–water partition coefficient (Wildman–Crippen LogP) is 2.16. The molecule has 0 saturated heterocycles. The van der Waals surface area contributed by atoms with Gasteiger partial charge in [0.25, 0.3) is 5.91 Å². The molecule has 2 rings (SSSR count). The molecule has 0 saturated carbocycles. The number of para-hydroxylation sites is 1. The third kappa shape index (κ3) is 4.12. The summed E-state index contributed by atoms with van der Waals surface area (Å²) in [6, 6.07) is 16.7. The summed E-state index contributed by atoms with van der Waals surface area (Å²) >= 11 is 0. The Labute approximate surface area is 112 Å². The molecule has 0 aromatic heterocycles. The zero-order chi connectivity index (χ0) is 13.5. The molecule has 0 heterocycles.